The summed E-state index contributed by atoms with van der Waals surface area (Å²) in [5.74, 6) is -2.26. The molecule has 0 heterocycles. The maximum Gasteiger partial charge on any atom is 0.332 e. The van der Waals surface area contributed by atoms with E-state index in [9.17, 15) is 14.2 Å². The van der Waals surface area contributed by atoms with Gasteiger partial charge < -0.3 is 20.6 Å². The van der Waals surface area contributed by atoms with Crippen LogP contribution < -0.4 is 5.73 Å². The van der Waals surface area contributed by atoms with Crippen LogP contribution in [0.1, 0.15) is 13.3 Å². The van der Waals surface area contributed by atoms with Crippen LogP contribution in [-0.2, 0) is 14.2 Å². The van der Waals surface area contributed by atoms with E-state index in [4.69, 9.17) is 20.6 Å². The molecule has 8 heteroatoms. The van der Waals surface area contributed by atoms with Crippen LogP contribution in [0.15, 0.2) is 0 Å². The van der Waals surface area contributed by atoms with Crippen molar-refractivity contribution in [2.75, 3.05) is 6.16 Å². The summed E-state index contributed by atoms with van der Waals surface area (Å²) >= 11 is 0. The number of hydrogen-bond donors (Lipinski definition) is 4. The van der Waals surface area contributed by atoms with Gasteiger partial charge in [-0.05, 0) is 6.92 Å². The highest BCUT2D eigenvalue weighted by Crippen LogP contribution is 2.34. The number of carbonyl (C=O) groups excluding carboxylic acids is 1. The SMILES string of the molecule is C[C@](N)(CC(=O)CP(=O)(O)O)C(=O)O. The van der Waals surface area contributed by atoms with E-state index in [1.807, 2.05) is 0 Å². The van der Waals surface area contributed by atoms with Crippen LogP contribution in [0.5, 0.6) is 0 Å². The minimum atomic E-state index is -4.44. The van der Waals surface area contributed by atoms with Crippen molar-refractivity contribution in [3.8, 4) is 0 Å². The Balaban J connectivity index is 4.35. The summed E-state index contributed by atoms with van der Waals surface area (Å²) in [6, 6.07) is 0. The van der Waals surface area contributed by atoms with E-state index < -0.39 is 37.5 Å². The minimum Gasteiger partial charge on any atom is -0.480 e. The van der Waals surface area contributed by atoms with Gasteiger partial charge in [-0.25, -0.2) is 0 Å². The van der Waals surface area contributed by atoms with Gasteiger partial charge in [-0.2, -0.15) is 0 Å². The zero-order valence-electron chi connectivity index (χ0n) is 7.51. The van der Waals surface area contributed by atoms with Crippen LogP contribution in [0.2, 0.25) is 0 Å². The van der Waals surface area contributed by atoms with Crippen LogP contribution in [0, 0.1) is 0 Å². The van der Waals surface area contributed by atoms with Crippen LogP contribution in [-0.4, -0.2) is 38.3 Å². The molecule has 0 aromatic carbocycles. The lowest BCUT2D eigenvalue weighted by Gasteiger charge is -2.17. The third-order valence-corrected chi connectivity index (χ3v) is 2.20. The molecule has 0 amide bonds. The fourth-order valence-electron chi connectivity index (χ4n) is 0.771. The van der Waals surface area contributed by atoms with Gasteiger partial charge in [-0.1, -0.05) is 0 Å². The number of carboxylic acid groups (broad SMARTS) is 1. The average Bonchev–Trinajstić information content (AvgIpc) is 1.79. The molecule has 0 aliphatic carbocycles. The Morgan fingerprint density at radius 1 is 1.43 bits per heavy atom. The maximum absolute atomic E-state index is 10.9. The lowest BCUT2D eigenvalue weighted by atomic mass is 9.97. The molecule has 0 unspecified atom stereocenters. The summed E-state index contributed by atoms with van der Waals surface area (Å²) in [4.78, 5) is 38.2. The molecule has 5 N–H and O–H groups in total. The predicted octanol–water partition coefficient (Wildman–Crippen LogP) is -1.07. The zero-order valence-corrected chi connectivity index (χ0v) is 8.40. The third-order valence-electron chi connectivity index (χ3n) is 1.44. The molecular formula is C6H12NO6P. The number of aliphatic carboxylic acids is 1. The van der Waals surface area contributed by atoms with Crippen molar-refractivity contribution in [2.45, 2.75) is 18.9 Å². The number of rotatable bonds is 5. The third kappa shape index (κ3) is 5.08. The Kier molecular flexibility index (Phi) is 3.96. The van der Waals surface area contributed by atoms with Crippen LogP contribution >= 0.6 is 7.60 Å². The summed E-state index contributed by atoms with van der Waals surface area (Å²) < 4.78 is 10.4. The van der Waals surface area contributed by atoms with Crippen molar-refractivity contribution < 1.29 is 29.0 Å². The van der Waals surface area contributed by atoms with E-state index in [1.54, 1.807) is 0 Å². The van der Waals surface area contributed by atoms with Crippen molar-refractivity contribution in [2.24, 2.45) is 5.73 Å². The van der Waals surface area contributed by atoms with Crippen molar-refractivity contribution in [1.82, 2.24) is 0 Å². The van der Waals surface area contributed by atoms with E-state index in [0.29, 0.717) is 0 Å². The van der Waals surface area contributed by atoms with Crippen molar-refractivity contribution in [1.29, 1.82) is 0 Å². The standard InChI is InChI=1S/C6H12NO6P/c1-6(7,5(9)10)2-4(8)3-14(11,12)13/h2-3,7H2,1H3,(H,9,10)(H2,11,12,13)/t6-/m0/s1. The first-order chi connectivity index (χ1) is 6.04. The van der Waals surface area contributed by atoms with E-state index in [2.05, 4.69) is 0 Å². The normalized spacial score (nSPS) is 16.0. The van der Waals surface area contributed by atoms with E-state index in [-0.39, 0.29) is 0 Å². The number of carboxylic acids is 1. The Labute approximate surface area is 80.1 Å². The van der Waals surface area contributed by atoms with E-state index in [0.717, 1.165) is 6.92 Å². The van der Waals surface area contributed by atoms with Crippen molar-refractivity contribution >= 4 is 19.3 Å². The molecule has 0 bridgehead atoms. The summed E-state index contributed by atoms with van der Waals surface area (Å²) in [5.41, 5.74) is 3.42. The van der Waals surface area contributed by atoms with Crippen molar-refractivity contribution in [3.05, 3.63) is 0 Å². The Bertz CT molecular complexity index is 293. The highest BCUT2D eigenvalue weighted by Gasteiger charge is 2.32. The molecule has 0 spiro atoms. The van der Waals surface area contributed by atoms with Gasteiger partial charge in [0.05, 0.1) is 0 Å². The monoisotopic (exact) mass is 225 g/mol. The molecule has 0 aliphatic rings. The van der Waals surface area contributed by atoms with Gasteiger partial charge in [0.25, 0.3) is 0 Å². The van der Waals surface area contributed by atoms with Gasteiger partial charge >= 0.3 is 13.6 Å². The highest BCUT2D eigenvalue weighted by atomic mass is 31.2. The maximum atomic E-state index is 10.9. The van der Waals surface area contributed by atoms with Crippen LogP contribution in [0.4, 0.5) is 0 Å². The Morgan fingerprint density at radius 3 is 2.14 bits per heavy atom. The van der Waals surface area contributed by atoms with Gasteiger partial charge in [0.15, 0.2) is 0 Å². The summed E-state index contributed by atoms with van der Waals surface area (Å²) in [6.07, 6.45) is -1.58. The highest BCUT2D eigenvalue weighted by molar-refractivity contribution is 7.52. The second-order valence-electron chi connectivity index (χ2n) is 3.26. The van der Waals surface area contributed by atoms with Gasteiger partial charge in [0, 0.05) is 6.42 Å². The smallest absolute Gasteiger partial charge is 0.332 e. The molecule has 0 rings (SSSR count). The molecule has 0 saturated heterocycles. The summed E-state index contributed by atoms with van der Waals surface area (Å²) in [5, 5.41) is 8.52. The first kappa shape index (κ1) is 13.2. The Hall–Kier alpha value is -0.750. The molecule has 0 aromatic heterocycles. The van der Waals surface area contributed by atoms with E-state index in [1.165, 1.54) is 0 Å². The lowest BCUT2D eigenvalue weighted by Crippen LogP contribution is -2.46. The van der Waals surface area contributed by atoms with E-state index >= 15 is 0 Å². The molecule has 1 atom stereocenters. The number of carbonyl (C=O) groups is 2. The number of nitrogens with two attached hydrogens (primary N) is 1. The molecule has 7 nitrogen and oxygen atoms in total. The molecule has 0 radical (unpaired) electrons. The zero-order chi connectivity index (χ0) is 11.6. The molecular weight excluding hydrogens is 213 g/mol. The number of hydrogen-bond acceptors (Lipinski definition) is 4. The van der Waals surface area contributed by atoms with Gasteiger partial charge in [-0.3, -0.25) is 14.2 Å². The topological polar surface area (TPSA) is 138 Å². The first-order valence-electron chi connectivity index (χ1n) is 3.63. The summed E-state index contributed by atoms with van der Waals surface area (Å²) in [7, 11) is -4.44. The second-order valence-corrected chi connectivity index (χ2v) is 4.91. The first-order valence-corrected chi connectivity index (χ1v) is 5.43. The largest absolute Gasteiger partial charge is 0.480 e. The molecule has 0 fully saturated rings. The predicted molar refractivity (Wildman–Crippen MR) is 46.8 cm³/mol. The average molecular weight is 225 g/mol. The molecule has 82 valence electrons. The van der Waals surface area contributed by atoms with Gasteiger partial charge in [0.2, 0.25) is 0 Å². The van der Waals surface area contributed by atoms with Gasteiger partial charge in [0.1, 0.15) is 17.5 Å². The molecule has 0 aromatic rings. The fraction of sp³-hybridized carbons (Fsp3) is 0.667. The summed E-state index contributed by atoms with van der Waals surface area (Å²) in [6.45, 7) is 1.10. The lowest BCUT2D eigenvalue weighted by molar-refractivity contribution is -0.144. The van der Waals surface area contributed by atoms with Crippen LogP contribution in [0.25, 0.3) is 0 Å². The fourth-order valence-corrected chi connectivity index (χ4v) is 1.34. The quantitative estimate of drug-likeness (QED) is 0.436. The van der Waals surface area contributed by atoms with Crippen molar-refractivity contribution in [3.63, 3.8) is 0 Å². The van der Waals surface area contributed by atoms with Gasteiger partial charge in [-0.15, -0.1) is 0 Å². The minimum absolute atomic E-state index is 0.604. The Morgan fingerprint density at radius 2 is 1.86 bits per heavy atom. The molecule has 0 aliphatic heterocycles. The van der Waals surface area contributed by atoms with Crippen LogP contribution in [0.3, 0.4) is 0 Å². The molecule has 14 heavy (non-hydrogen) atoms. The number of ketones is 1. The molecule has 0 saturated carbocycles. The number of Topliss-reactive ketones (excluding diaryl/α,β-unsaturated/α-hetero) is 1. The second kappa shape index (κ2) is 4.18.